The van der Waals surface area contributed by atoms with Gasteiger partial charge in [0, 0.05) is 44.7 Å². The molecule has 0 saturated carbocycles. The molecule has 2 aliphatic heterocycles. The van der Waals surface area contributed by atoms with E-state index >= 15 is 0 Å². The van der Waals surface area contributed by atoms with Gasteiger partial charge in [0.1, 0.15) is 0 Å². The lowest BCUT2D eigenvalue weighted by Crippen LogP contribution is -2.38. The van der Waals surface area contributed by atoms with Gasteiger partial charge in [-0.2, -0.15) is 22.7 Å². The quantitative estimate of drug-likeness (QED) is 0.284. The number of fused-ring (bicyclic) bond motifs is 2. The fraction of sp³-hybridized carbons (Fsp3) is 0.353. The highest BCUT2D eigenvalue weighted by Gasteiger charge is 2.32. The Kier molecular flexibility index (Phi) is 8.22. The Morgan fingerprint density at radius 1 is 0.977 bits per heavy atom. The summed E-state index contributed by atoms with van der Waals surface area (Å²) in [5.41, 5.74) is 5.99. The number of carbonyl (C=O) groups is 1. The van der Waals surface area contributed by atoms with Gasteiger partial charge in [-0.15, -0.1) is 0 Å². The normalized spacial score (nSPS) is 18.1. The largest absolute Gasteiger partial charge is 0.416 e. The molecule has 10 heteroatoms. The van der Waals surface area contributed by atoms with E-state index in [0.717, 1.165) is 42.6 Å². The van der Waals surface area contributed by atoms with Crippen LogP contribution in [0.1, 0.15) is 63.9 Å². The van der Waals surface area contributed by atoms with Crippen molar-refractivity contribution >= 4 is 21.4 Å². The Morgan fingerprint density at radius 2 is 1.73 bits per heavy atom. The molecular weight excluding hydrogens is 587 g/mol. The molecule has 6 nitrogen and oxygen atoms in total. The summed E-state index contributed by atoms with van der Waals surface area (Å²) in [5.74, 6) is 0.124. The van der Waals surface area contributed by atoms with Crippen LogP contribution in [0.5, 0.6) is 0 Å². The first-order valence-electron chi connectivity index (χ1n) is 14.8. The zero-order chi connectivity index (χ0) is 31.1. The molecule has 2 heterocycles. The first-order chi connectivity index (χ1) is 21.0. The van der Waals surface area contributed by atoms with Gasteiger partial charge in [-0.1, -0.05) is 35.9 Å². The van der Waals surface area contributed by atoms with Gasteiger partial charge < -0.3 is 0 Å². The van der Waals surface area contributed by atoms with Crippen molar-refractivity contribution in [3.63, 3.8) is 0 Å². The maximum atomic E-state index is 13.4. The third-order valence-corrected chi connectivity index (χ3v) is 10.9. The predicted molar refractivity (Wildman–Crippen MR) is 160 cm³/mol. The number of Topliss-reactive ketones (excluding diaryl/α,β-unsaturated/α-hetero) is 1. The second-order valence-corrected chi connectivity index (χ2v) is 13.8. The number of hydrogen-bond donors (Lipinski definition) is 0. The van der Waals surface area contributed by atoms with Gasteiger partial charge in [0.25, 0.3) is 0 Å². The van der Waals surface area contributed by atoms with E-state index in [1.165, 1.54) is 45.3 Å². The lowest BCUT2D eigenvalue weighted by atomic mass is 9.89. The van der Waals surface area contributed by atoms with Gasteiger partial charge in [-0.25, -0.2) is 8.42 Å². The Morgan fingerprint density at radius 3 is 2.43 bits per heavy atom. The van der Waals surface area contributed by atoms with Crippen molar-refractivity contribution in [2.24, 2.45) is 5.92 Å². The van der Waals surface area contributed by atoms with Gasteiger partial charge in [0.05, 0.1) is 22.1 Å². The lowest BCUT2D eigenvalue weighted by molar-refractivity contribution is -0.137. The molecule has 0 bridgehead atoms. The molecule has 0 unspecified atom stereocenters. The molecule has 6 rings (SSSR count). The fourth-order valence-electron chi connectivity index (χ4n) is 6.55. The van der Waals surface area contributed by atoms with E-state index in [2.05, 4.69) is 4.90 Å². The zero-order valence-electron chi connectivity index (χ0n) is 24.1. The summed E-state index contributed by atoms with van der Waals surface area (Å²) >= 11 is 0. The minimum absolute atomic E-state index is 0.0438. The SMILES string of the molecule is N#Cc1cccc(S(=O)(=O)N2CCC(CC(=O)c3ccc4c(c3)C3=C(CCN(Cc5ccc(C(F)(F)F)cc5)C3)C4)CC2)c1. The minimum atomic E-state index is -4.35. The van der Waals surface area contributed by atoms with Crippen molar-refractivity contribution in [2.75, 3.05) is 26.2 Å². The number of halogens is 3. The first kappa shape index (κ1) is 30.3. The standard InChI is InChI=1S/C34H32F3N3O3S/c35-34(36,37)29-8-4-24(5-9-29)21-39-13-12-27-18-26-6-7-28(19-31(26)32(27)22-39)33(41)17-23-10-14-40(15-11-23)44(42,43)30-3-1-2-25(16-30)20-38/h1-9,16,19,23H,10-15,17-18,21-22H2. The number of nitrogens with zero attached hydrogens (tertiary/aromatic N) is 3. The number of benzene rings is 3. The second kappa shape index (κ2) is 12.0. The average molecular weight is 620 g/mol. The Balaban J connectivity index is 1.07. The number of rotatable bonds is 7. The van der Waals surface area contributed by atoms with Gasteiger partial charge in [-0.05, 0) is 90.3 Å². The highest BCUT2D eigenvalue weighted by Crippen LogP contribution is 2.39. The van der Waals surface area contributed by atoms with Gasteiger partial charge in [-0.3, -0.25) is 9.69 Å². The molecule has 0 spiro atoms. The van der Waals surface area contributed by atoms with E-state index < -0.39 is 21.8 Å². The first-order valence-corrected chi connectivity index (χ1v) is 16.2. The number of alkyl halides is 3. The van der Waals surface area contributed by atoms with Crippen LogP contribution in [-0.4, -0.2) is 49.6 Å². The van der Waals surface area contributed by atoms with Crippen molar-refractivity contribution < 1.29 is 26.4 Å². The van der Waals surface area contributed by atoms with Crippen molar-refractivity contribution in [3.8, 4) is 6.07 Å². The lowest BCUT2D eigenvalue weighted by Gasteiger charge is -2.31. The van der Waals surface area contributed by atoms with E-state index in [1.807, 2.05) is 24.3 Å². The highest BCUT2D eigenvalue weighted by atomic mass is 32.2. The summed E-state index contributed by atoms with van der Waals surface area (Å²) in [6.45, 7) is 2.72. The second-order valence-electron chi connectivity index (χ2n) is 11.9. The molecule has 0 amide bonds. The third kappa shape index (κ3) is 6.23. The molecule has 1 fully saturated rings. The minimum Gasteiger partial charge on any atom is -0.294 e. The molecule has 0 radical (unpaired) electrons. The van der Waals surface area contributed by atoms with E-state index in [4.69, 9.17) is 5.26 Å². The zero-order valence-corrected chi connectivity index (χ0v) is 24.9. The number of sulfonamides is 1. The number of nitriles is 1. The number of ketones is 1. The summed E-state index contributed by atoms with van der Waals surface area (Å²) in [6.07, 6.45) is -1.09. The van der Waals surface area contributed by atoms with Crippen LogP contribution in [0.2, 0.25) is 0 Å². The van der Waals surface area contributed by atoms with Crippen molar-refractivity contribution in [1.82, 2.24) is 9.21 Å². The average Bonchev–Trinajstić information content (AvgIpc) is 3.38. The molecule has 44 heavy (non-hydrogen) atoms. The van der Waals surface area contributed by atoms with Crippen LogP contribution in [-0.2, 0) is 29.2 Å². The predicted octanol–water partition coefficient (Wildman–Crippen LogP) is 6.47. The Hall–Kier alpha value is -3.78. The summed E-state index contributed by atoms with van der Waals surface area (Å²) in [7, 11) is -3.71. The smallest absolute Gasteiger partial charge is 0.294 e. The number of carbonyl (C=O) groups excluding carboxylic acids is 1. The summed E-state index contributed by atoms with van der Waals surface area (Å²) in [5, 5.41) is 9.13. The fourth-order valence-corrected chi connectivity index (χ4v) is 8.06. The number of hydrogen-bond acceptors (Lipinski definition) is 5. The van der Waals surface area contributed by atoms with Crippen LogP contribution in [0.3, 0.4) is 0 Å². The third-order valence-electron chi connectivity index (χ3n) is 9.04. The van der Waals surface area contributed by atoms with Crippen LogP contribution in [0.4, 0.5) is 13.2 Å². The van der Waals surface area contributed by atoms with Crippen LogP contribution in [0.15, 0.2) is 77.2 Å². The maximum Gasteiger partial charge on any atom is 0.416 e. The van der Waals surface area contributed by atoms with Crippen molar-refractivity contribution in [3.05, 3.63) is 106 Å². The molecule has 3 aromatic rings. The summed E-state index contributed by atoms with van der Waals surface area (Å²) in [6, 6.07) is 19.3. The van der Waals surface area contributed by atoms with Crippen molar-refractivity contribution in [1.29, 1.82) is 5.26 Å². The molecule has 3 aromatic carbocycles. The van der Waals surface area contributed by atoms with Crippen LogP contribution < -0.4 is 0 Å². The molecular formula is C34H32F3N3O3S. The molecule has 1 saturated heterocycles. The Labute approximate surface area is 255 Å². The highest BCUT2D eigenvalue weighted by molar-refractivity contribution is 7.89. The van der Waals surface area contributed by atoms with E-state index in [9.17, 15) is 26.4 Å². The van der Waals surface area contributed by atoms with E-state index in [-0.39, 0.29) is 16.6 Å². The maximum absolute atomic E-state index is 13.4. The van der Waals surface area contributed by atoms with E-state index in [0.29, 0.717) is 56.6 Å². The van der Waals surface area contributed by atoms with E-state index in [1.54, 1.807) is 12.1 Å². The molecule has 0 atom stereocenters. The van der Waals surface area contributed by atoms with Crippen molar-refractivity contribution in [2.45, 2.75) is 49.7 Å². The molecule has 0 N–H and O–H groups in total. The Bertz CT molecular complexity index is 1770. The van der Waals surface area contributed by atoms with Crippen LogP contribution in [0.25, 0.3) is 5.57 Å². The molecule has 1 aliphatic carbocycles. The van der Waals surface area contributed by atoms with Crippen LogP contribution >= 0.6 is 0 Å². The van der Waals surface area contributed by atoms with Gasteiger partial charge >= 0.3 is 6.18 Å². The molecule has 3 aliphatic rings. The summed E-state index contributed by atoms with van der Waals surface area (Å²) in [4.78, 5) is 15.7. The van der Waals surface area contributed by atoms with Gasteiger partial charge in [0.2, 0.25) is 10.0 Å². The molecule has 0 aromatic heterocycles. The van der Waals surface area contributed by atoms with Gasteiger partial charge in [0.15, 0.2) is 5.78 Å². The molecule has 228 valence electrons. The summed E-state index contributed by atoms with van der Waals surface area (Å²) < 4.78 is 66.5. The topological polar surface area (TPSA) is 81.5 Å². The van der Waals surface area contributed by atoms with Crippen LogP contribution in [0, 0.1) is 17.2 Å². The number of piperidine rings is 1. The monoisotopic (exact) mass is 619 g/mol.